The summed E-state index contributed by atoms with van der Waals surface area (Å²) in [5.74, 6) is -1.46. The monoisotopic (exact) mass is 298 g/mol. The van der Waals surface area contributed by atoms with Gasteiger partial charge in [-0.05, 0) is 31.2 Å². The number of nitrogen functional groups attached to an aromatic ring is 1. The summed E-state index contributed by atoms with van der Waals surface area (Å²) in [5.41, 5.74) is 5.12. The van der Waals surface area contributed by atoms with Crippen LogP contribution in [0, 0.1) is 18.6 Å². The van der Waals surface area contributed by atoms with Crippen LogP contribution in [0.2, 0.25) is 0 Å². The minimum Gasteiger partial charge on any atom is -0.399 e. The molecule has 0 amide bonds. The highest BCUT2D eigenvalue weighted by molar-refractivity contribution is 7.92. The molecular formula is C13H12F2N2O2S. The summed E-state index contributed by atoms with van der Waals surface area (Å²) >= 11 is 0. The van der Waals surface area contributed by atoms with Gasteiger partial charge in [0.15, 0.2) is 0 Å². The summed E-state index contributed by atoms with van der Waals surface area (Å²) in [4.78, 5) is -0.321. The van der Waals surface area contributed by atoms with E-state index in [1.54, 1.807) is 0 Å². The van der Waals surface area contributed by atoms with Crippen molar-refractivity contribution in [2.45, 2.75) is 11.8 Å². The average Bonchev–Trinajstić information content (AvgIpc) is 2.36. The van der Waals surface area contributed by atoms with Crippen molar-refractivity contribution < 1.29 is 17.2 Å². The van der Waals surface area contributed by atoms with Gasteiger partial charge in [-0.3, -0.25) is 4.72 Å². The Morgan fingerprint density at radius 1 is 1.10 bits per heavy atom. The van der Waals surface area contributed by atoms with E-state index in [1.165, 1.54) is 25.1 Å². The lowest BCUT2D eigenvalue weighted by molar-refractivity contribution is 0.589. The Hall–Kier alpha value is -2.15. The van der Waals surface area contributed by atoms with Gasteiger partial charge in [0.05, 0.1) is 10.6 Å². The molecule has 20 heavy (non-hydrogen) atoms. The fraction of sp³-hybridized carbons (Fsp3) is 0.0769. The zero-order chi connectivity index (χ0) is 14.9. The second-order valence-electron chi connectivity index (χ2n) is 4.21. The van der Waals surface area contributed by atoms with Gasteiger partial charge in [0, 0.05) is 11.3 Å². The van der Waals surface area contributed by atoms with Crippen LogP contribution in [0.25, 0.3) is 0 Å². The highest BCUT2D eigenvalue weighted by Crippen LogP contribution is 2.25. The topological polar surface area (TPSA) is 72.2 Å². The Labute approximate surface area is 115 Å². The molecule has 0 atom stereocenters. The second-order valence-corrected chi connectivity index (χ2v) is 5.86. The molecule has 0 saturated carbocycles. The van der Waals surface area contributed by atoms with Crippen LogP contribution in [-0.2, 0) is 10.0 Å². The first-order valence-corrected chi connectivity index (χ1v) is 7.12. The molecule has 0 heterocycles. The summed E-state index contributed by atoms with van der Waals surface area (Å²) in [6, 6.07) is 7.45. The molecule has 0 spiro atoms. The minimum atomic E-state index is -4.12. The smallest absolute Gasteiger partial charge is 0.262 e. The Kier molecular flexibility index (Phi) is 3.63. The fourth-order valence-corrected chi connectivity index (χ4v) is 3.05. The summed E-state index contributed by atoms with van der Waals surface area (Å²) < 4.78 is 53.4. The van der Waals surface area contributed by atoms with Gasteiger partial charge < -0.3 is 5.73 Å². The third-order valence-electron chi connectivity index (χ3n) is 2.73. The summed E-state index contributed by atoms with van der Waals surface area (Å²) in [6.45, 7) is 1.31. The normalized spacial score (nSPS) is 11.3. The first-order valence-electron chi connectivity index (χ1n) is 5.64. The van der Waals surface area contributed by atoms with Gasteiger partial charge in [0.2, 0.25) is 0 Å². The predicted octanol–water partition coefficient (Wildman–Crippen LogP) is 2.66. The molecule has 0 aromatic heterocycles. The molecule has 0 aliphatic carbocycles. The van der Waals surface area contributed by atoms with Crippen LogP contribution in [0.5, 0.6) is 0 Å². The highest BCUT2D eigenvalue weighted by atomic mass is 32.2. The van der Waals surface area contributed by atoms with E-state index in [2.05, 4.69) is 4.72 Å². The Morgan fingerprint density at radius 2 is 1.75 bits per heavy atom. The zero-order valence-electron chi connectivity index (χ0n) is 10.5. The number of hydrogen-bond donors (Lipinski definition) is 2. The molecule has 2 aromatic rings. The zero-order valence-corrected chi connectivity index (χ0v) is 11.3. The Balaban J connectivity index is 2.49. The van der Waals surface area contributed by atoms with Crippen molar-refractivity contribution in [1.29, 1.82) is 0 Å². The van der Waals surface area contributed by atoms with Crippen molar-refractivity contribution >= 4 is 21.4 Å². The van der Waals surface area contributed by atoms with Gasteiger partial charge in [-0.15, -0.1) is 0 Å². The second kappa shape index (κ2) is 5.09. The van der Waals surface area contributed by atoms with E-state index >= 15 is 0 Å². The molecule has 2 rings (SSSR count). The third-order valence-corrected chi connectivity index (χ3v) is 4.22. The highest BCUT2D eigenvalue weighted by Gasteiger charge is 2.21. The maximum Gasteiger partial charge on any atom is 0.262 e. The van der Waals surface area contributed by atoms with Crippen molar-refractivity contribution in [2.75, 3.05) is 10.5 Å². The fourth-order valence-electron chi connectivity index (χ4n) is 1.70. The van der Waals surface area contributed by atoms with Crippen molar-refractivity contribution in [3.05, 3.63) is 53.6 Å². The molecule has 0 radical (unpaired) electrons. The largest absolute Gasteiger partial charge is 0.399 e. The number of hydrogen-bond acceptors (Lipinski definition) is 3. The van der Waals surface area contributed by atoms with Crippen LogP contribution in [0.1, 0.15) is 5.56 Å². The minimum absolute atomic E-state index is 0.0259. The molecule has 7 heteroatoms. The van der Waals surface area contributed by atoms with E-state index in [4.69, 9.17) is 5.73 Å². The molecule has 3 N–H and O–H groups in total. The molecule has 0 fully saturated rings. The molecule has 0 bridgehead atoms. The van der Waals surface area contributed by atoms with Gasteiger partial charge in [-0.1, -0.05) is 12.1 Å². The maximum absolute atomic E-state index is 13.5. The van der Waals surface area contributed by atoms with Crippen LogP contribution in [0.4, 0.5) is 20.2 Å². The maximum atomic E-state index is 13.5. The number of halogens is 2. The number of benzene rings is 2. The first-order chi connectivity index (χ1) is 9.31. The van der Waals surface area contributed by atoms with E-state index in [1.807, 2.05) is 0 Å². The van der Waals surface area contributed by atoms with Crippen LogP contribution in [0.15, 0.2) is 41.3 Å². The number of rotatable bonds is 3. The van der Waals surface area contributed by atoms with Crippen LogP contribution in [-0.4, -0.2) is 8.42 Å². The van der Waals surface area contributed by atoms with E-state index in [0.717, 1.165) is 18.2 Å². The molecular weight excluding hydrogens is 286 g/mol. The van der Waals surface area contributed by atoms with Crippen LogP contribution in [0.3, 0.4) is 0 Å². The first kappa shape index (κ1) is 14.3. The molecule has 0 saturated heterocycles. The average molecular weight is 298 g/mol. The number of nitrogens with one attached hydrogen (secondary N) is 1. The number of anilines is 2. The van der Waals surface area contributed by atoms with Gasteiger partial charge in [0.1, 0.15) is 11.6 Å². The van der Waals surface area contributed by atoms with E-state index in [0.29, 0.717) is 0 Å². The van der Waals surface area contributed by atoms with Crippen molar-refractivity contribution in [3.63, 3.8) is 0 Å². The molecule has 2 aromatic carbocycles. The van der Waals surface area contributed by atoms with Crippen LogP contribution < -0.4 is 10.5 Å². The molecule has 106 valence electrons. The van der Waals surface area contributed by atoms with E-state index in [-0.39, 0.29) is 21.8 Å². The molecule has 0 aliphatic rings. The third kappa shape index (κ3) is 2.72. The number of nitrogens with two attached hydrogens (primary N) is 1. The molecule has 4 nitrogen and oxygen atoms in total. The number of sulfonamides is 1. The molecule has 0 aliphatic heterocycles. The summed E-state index contributed by atoms with van der Waals surface area (Å²) in [5, 5.41) is 0. The van der Waals surface area contributed by atoms with Crippen molar-refractivity contribution in [3.8, 4) is 0 Å². The SMILES string of the molecule is Cc1c(F)cc(N)cc1S(=O)(=O)Nc1ccccc1F. The van der Waals surface area contributed by atoms with Gasteiger partial charge in [0.25, 0.3) is 10.0 Å². The van der Waals surface area contributed by atoms with Gasteiger partial charge in [-0.25, -0.2) is 17.2 Å². The lowest BCUT2D eigenvalue weighted by atomic mass is 10.2. The quantitative estimate of drug-likeness (QED) is 0.856. The predicted molar refractivity (Wildman–Crippen MR) is 72.8 cm³/mol. The summed E-state index contributed by atoms with van der Waals surface area (Å²) in [7, 11) is -4.12. The Morgan fingerprint density at radius 3 is 2.40 bits per heavy atom. The standard InChI is InChI=1S/C13H12F2N2O2S/c1-8-11(15)6-9(16)7-13(8)20(18,19)17-12-5-3-2-4-10(12)14/h2-7,17H,16H2,1H3. The lowest BCUT2D eigenvalue weighted by Gasteiger charge is -2.12. The van der Waals surface area contributed by atoms with Gasteiger partial charge in [-0.2, -0.15) is 0 Å². The van der Waals surface area contributed by atoms with Gasteiger partial charge >= 0.3 is 0 Å². The summed E-state index contributed by atoms with van der Waals surface area (Å²) in [6.07, 6.45) is 0. The van der Waals surface area contributed by atoms with E-state index in [9.17, 15) is 17.2 Å². The lowest BCUT2D eigenvalue weighted by Crippen LogP contribution is -2.16. The van der Waals surface area contributed by atoms with E-state index < -0.39 is 21.7 Å². The van der Waals surface area contributed by atoms with Crippen molar-refractivity contribution in [2.24, 2.45) is 0 Å². The number of para-hydroxylation sites is 1. The Bertz CT molecular complexity index is 761. The van der Waals surface area contributed by atoms with Crippen LogP contribution >= 0.6 is 0 Å². The molecule has 0 unspecified atom stereocenters. The van der Waals surface area contributed by atoms with Crippen molar-refractivity contribution in [1.82, 2.24) is 0 Å².